The van der Waals surface area contributed by atoms with Crippen molar-refractivity contribution in [1.82, 2.24) is 14.7 Å². The summed E-state index contributed by atoms with van der Waals surface area (Å²) in [6.45, 7) is 11.4. The zero-order chi connectivity index (χ0) is 29.4. The minimum absolute atomic E-state index is 0.0305. The molecule has 1 heterocycles. The number of carbonyl (C=O) groups excluding carboxylic acids is 1. The Balaban J connectivity index is 1.57. The number of nitrogens with zero attached hydrogens (tertiary/aromatic N) is 3. The number of aliphatic carboxylic acids is 1. The minimum Gasteiger partial charge on any atom is -0.481 e. The molecule has 3 aromatic rings. The number of piperazine rings is 1. The Bertz CT molecular complexity index is 1290. The SMILES string of the molecule is CCN(CC)C(=O)c1ccc([C@H](c2cccc(NC(C)CC(=O)O)c2)N2CCN(Cc3ccc(F)cc3)CC2)cc1. The van der Waals surface area contributed by atoms with Crippen LogP contribution in [0.4, 0.5) is 10.1 Å². The van der Waals surface area contributed by atoms with Crippen LogP contribution in [0.3, 0.4) is 0 Å². The first-order valence-corrected chi connectivity index (χ1v) is 14.5. The van der Waals surface area contributed by atoms with Crippen molar-refractivity contribution in [3.8, 4) is 0 Å². The van der Waals surface area contributed by atoms with E-state index in [9.17, 15) is 19.1 Å². The highest BCUT2D eigenvalue weighted by molar-refractivity contribution is 5.94. The van der Waals surface area contributed by atoms with Crippen LogP contribution in [0.15, 0.2) is 72.8 Å². The number of benzene rings is 3. The first kappa shape index (κ1) is 30.2. The van der Waals surface area contributed by atoms with Crippen LogP contribution in [0.2, 0.25) is 0 Å². The van der Waals surface area contributed by atoms with Crippen LogP contribution in [0.25, 0.3) is 0 Å². The summed E-state index contributed by atoms with van der Waals surface area (Å²) in [4.78, 5) is 30.8. The summed E-state index contributed by atoms with van der Waals surface area (Å²) in [6, 6.07) is 22.6. The third-order valence-corrected chi connectivity index (χ3v) is 7.71. The summed E-state index contributed by atoms with van der Waals surface area (Å²) in [7, 11) is 0. The molecule has 41 heavy (non-hydrogen) atoms. The van der Waals surface area contributed by atoms with E-state index in [1.54, 1.807) is 0 Å². The minimum atomic E-state index is -0.836. The lowest BCUT2D eigenvalue weighted by atomic mass is 9.94. The van der Waals surface area contributed by atoms with Crippen molar-refractivity contribution < 1.29 is 19.1 Å². The molecule has 8 heteroatoms. The van der Waals surface area contributed by atoms with Gasteiger partial charge in [0.05, 0.1) is 12.5 Å². The number of carbonyl (C=O) groups is 2. The number of rotatable bonds is 12. The van der Waals surface area contributed by atoms with Crippen molar-refractivity contribution in [2.24, 2.45) is 0 Å². The van der Waals surface area contributed by atoms with Gasteiger partial charge in [-0.05, 0) is 73.9 Å². The maximum atomic E-state index is 13.4. The first-order chi connectivity index (χ1) is 19.8. The maximum Gasteiger partial charge on any atom is 0.305 e. The molecule has 0 spiro atoms. The highest BCUT2D eigenvalue weighted by atomic mass is 19.1. The molecule has 0 saturated carbocycles. The molecule has 2 N–H and O–H groups in total. The Kier molecular flexibility index (Phi) is 10.5. The number of amides is 1. The number of hydrogen-bond acceptors (Lipinski definition) is 5. The lowest BCUT2D eigenvalue weighted by molar-refractivity contribution is -0.137. The van der Waals surface area contributed by atoms with Gasteiger partial charge in [-0.1, -0.05) is 36.4 Å². The molecule has 1 aliphatic rings. The van der Waals surface area contributed by atoms with Crippen LogP contribution in [-0.2, 0) is 11.3 Å². The third kappa shape index (κ3) is 8.15. The van der Waals surface area contributed by atoms with Gasteiger partial charge < -0.3 is 15.3 Å². The van der Waals surface area contributed by atoms with Crippen LogP contribution in [0.5, 0.6) is 0 Å². The molecule has 218 valence electrons. The highest BCUT2D eigenvalue weighted by Crippen LogP contribution is 2.32. The largest absolute Gasteiger partial charge is 0.481 e. The summed E-state index contributed by atoms with van der Waals surface area (Å²) in [5, 5.41) is 12.5. The molecule has 7 nitrogen and oxygen atoms in total. The molecule has 3 aromatic carbocycles. The van der Waals surface area contributed by atoms with E-state index in [2.05, 4.69) is 39.4 Å². The zero-order valence-corrected chi connectivity index (χ0v) is 24.2. The standard InChI is InChI=1S/C33H41FN4O3/c1-4-37(5-2)33(41)27-13-11-26(12-14-27)32(28-7-6-8-30(22-28)35-24(3)21-31(39)40)38-19-17-36(18-20-38)23-25-9-15-29(34)16-10-25/h6-16,22,24,32,35H,4-5,17-21,23H2,1-3H3,(H,39,40)/t24?,32-/m1/s1. The molecular formula is C33H41FN4O3. The molecule has 1 unspecified atom stereocenters. The van der Waals surface area contributed by atoms with Crippen molar-refractivity contribution in [2.45, 2.75) is 45.8 Å². The number of halogens is 1. The number of nitrogens with one attached hydrogen (secondary N) is 1. The van der Waals surface area contributed by atoms with Gasteiger partial charge >= 0.3 is 5.97 Å². The number of hydrogen-bond donors (Lipinski definition) is 2. The number of carboxylic acid groups (broad SMARTS) is 1. The number of anilines is 1. The fourth-order valence-corrected chi connectivity index (χ4v) is 5.54. The van der Waals surface area contributed by atoms with E-state index in [0.717, 1.165) is 55.1 Å². The van der Waals surface area contributed by atoms with Crippen molar-refractivity contribution in [1.29, 1.82) is 0 Å². The summed E-state index contributed by atoms with van der Waals surface area (Å²) in [5.41, 5.74) is 4.86. The second-order valence-corrected chi connectivity index (χ2v) is 10.7. The summed E-state index contributed by atoms with van der Waals surface area (Å²) in [5.74, 6) is -1.02. The van der Waals surface area contributed by atoms with E-state index in [1.165, 1.54) is 12.1 Å². The molecule has 4 rings (SSSR count). The molecular weight excluding hydrogens is 519 g/mol. The average Bonchev–Trinajstić information content (AvgIpc) is 2.96. The molecule has 1 saturated heterocycles. The van der Waals surface area contributed by atoms with Gasteiger partial charge in [-0.2, -0.15) is 0 Å². The molecule has 0 aliphatic carbocycles. The van der Waals surface area contributed by atoms with Crippen LogP contribution >= 0.6 is 0 Å². The average molecular weight is 561 g/mol. The van der Waals surface area contributed by atoms with Gasteiger partial charge in [0.25, 0.3) is 5.91 Å². The molecule has 1 fully saturated rings. The van der Waals surface area contributed by atoms with Gasteiger partial charge in [0.1, 0.15) is 5.82 Å². The van der Waals surface area contributed by atoms with Gasteiger partial charge in [0.15, 0.2) is 0 Å². The predicted molar refractivity (Wildman–Crippen MR) is 161 cm³/mol. The second-order valence-electron chi connectivity index (χ2n) is 10.7. The smallest absolute Gasteiger partial charge is 0.305 e. The van der Waals surface area contributed by atoms with Gasteiger partial charge in [-0.3, -0.25) is 19.4 Å². The van der Waals surface area contributed by atoms with Crippen molar-refractivity contribution in [3.63, 3.8) is 0 Å². The quantitative estimate of drug-likeness (QED) is 0.305. The molecule has 1 aliphatic heterocycles. The van der Waals surface area contributed by atoms with Gasteiger partial charge in [-0.15, -0.1) is 0 Å². The Morgan fingerprint density at radius 2 is 1.59 bits per heavy atom. The molecule has 0 radical (unpaired) electrons. The molecule has 0 aromatic heterocycles. The van der Waals surface area contributed by atoms with E-state index in [0.29, 0.717) is 18.7 Å². The van der Waals surface area contributed by atoms with E-state index in [-0.39, 0.29) is 30.2 Å². The maximum absolute atomic E-state index is 13.4. The molecule has 1 amide bonds. The number of carboxylic acids is 1. The van der Waals surface area contributed by atoms with Gasteiger partial charge in [0, 0.05) is 63.1 Å². The third-order valence-electron chi connectivity index (χ3n) is 7.71. The normalized spacial score (nSPS) is 15.7. The predicted octanol–water partition coefficient (Wildman–Crippen LogP) is 5.49. The Hall–Kier alpha value is -3.75. The van der Waals surface area contributed by atoms with E-state index in [4.69, 9.17) is 0 Å². The Labute approximate surface area is 242 Å². The Morgan fingerprint density at radius 1 is 0.927 bits per heavy atom. The van der Waals surface area contributed by atoms with Crippen molar-refractivity contribution >= 4 is 17.6 Å². The Morgan fingerprint density at radius 3 is 2.20 bits per heavy atom. The van der Waals surface area contributed by atoms with Gasteiger partial charge in [0.2, 0.25) is 0 Å². The van der Waals surface area contributed by atoms with Crippen LogP contribution < -0.4 is 5.32 Å². The second kappa shape index (κ2) is 14.2. The van der Waals surface area contributed by atoms with Crippen LogP contribution in [-0.4, -0.2) is 77.0 Å². The van der Waals surface area contributed by atoms with Crippen molar-refractivity contribution in [2.75, 3.05) is 44.6 Å². The van der Waals surface area contributed by atoms with Crippen LogP contribution in [0, 0.1) is 5.82 Å². The topological polar surface area (TPSA) is 76.1 Å². The summed E-state index contributed by atoms with van der Waals surface area (Å²) >= 11 is 0. The highest BCUT2D eigenvalue weighted by Gasteiger charge is 2.27. The van der Waals surface area contributed by atoms with E-state index >= 15 is 0 Å². The fraction of sp³-hybridized carbons (Fsp3) is 0.394. The summed E-state index contributed by atoms with van der Waals surface area (Å²) < 4.78 is 13.4. The molecule has 0 bridgehead atoms. The van der Waals surface area contributed by atoms with Crippen molar-refractivity contribution in [3.05, 3.63) is 101 Å². The van der Waals surface area contributed by atoms with Crippen LogP contribution in [0.1, 0.15) is 60.3 Å². The first-order valence-electron chi connectivity index (χ1n) is 14.5. The monoisotopic (exact) mass is 560 g/mol. The van der Waals surface area contributed by atoms with Gasteiger partial charge in [-0.25, -0.2) is 4.39 Å². The lowest BCUT2D eigenvalue weighted by Gasteiger charge is -2.40. The van der Waals surface area contributed by atoms with E-state index < -0.39 is 5.97 Å². The fourth-order valence-electron chi connectivity index (χ4n) is 5.54. The summed E-state index contributed by atoms with van der Waals surface area (Å²) in [6.07, 6.45) is 0.0334. The van der Waals surface area contributed by atoms with E-state index in [1.807, 2.05) is 62.1 Å². The zero-order valence-electron chi connectivity index (χ0n) is 24.2. The molecule has 2 atom stereocenters. The lowest BCUT2D eigenvalue weighted by Crippen LogP contribution is -2.47.